The Balaban J connectivity index is 3.28. The Morgan fingerprint density at radius 2 is 2.07 bits per heavy atom. The number of hydrogen-bond donors (Lipinski definition) is 0. The van der Waals surface area contributed by atoms with E-state index in [0.29, 0.717) is 16.0 Å². The summed E-state index contributed by atoms with van der Waals surface area (Å²) in [5.41, 5.74) is -0.417. The van der Waals surface area contributed by atoms with Gasteiger partial charge in [-0.25, -0.2) is 4.79 Å². The zero-order valence-corrected chi connectivity index (χ0v) is 11.3. The van der Waals surface area contributed by atoms with Crippen LogP contribution in [0.4, 0.5) is 0 Å². The van der Waals surface area contributed by atoms with Gasteiger partial charge in [0.1, 0.15) is 0 Å². The van der Waals surface area contributed by atoms with Crippen LogP contribution in [0.2, 0.25) is 0 Å². The van der Waals surface area contributed by atoms with Gasteiger partial charge < -0.3 is 4.57 Å². The number of nitrogens with zero attached hydrogens (tertiary/aromatic N) is 2. The van der Waals surface area contributed by atoms with Crippen LogP contribution in [0.1, 0.15) is 20.3 Å². The average Bonchev–Trinajstić information content (AvgIpc) is 2.21. The fourth-order valence-corrected chi connectivity index (χ4v) is 2.00. The van der Waals surface area contributed by atoms with E-state index >= 15 is 0 Å². The molecule has 0 aliphatic rings. The highest BCUT2D eigenvalue weighted by atomic mass is 127. The molecule has 0 amide bonds. The van der Waals surface area contributed by atoms with Gasteiger partial charge in [-0.2, -0.15) is 0 Å². The lowest BCUT2D eigenvalue weighted by atomic mass is 10.1. The number of hydrogen-bond acceptors (Lipinski definition) is 2. The van der Waals surface area contributed by atoms with Crippen molar-refractivity contribution in [2.24, 2.45) is 13.0 Å². The molecule has 5 heteroatoms. The Kier molecular flexibility index (Phi) is 4.12. The Morgan fingerprint density at radius 1 is 1.47 bits per heavy atom. The summed E-state index contributed by atoms with van der Waals surface area (Å²) in [4.78, 5) is 23.5. The second kappa shape index (κ2) is 4.96. The third-order valence-electron chi connectivity index (χ3n) is 2.48. The fraction of sp³-hybridized carbons (Fsp3) is 0.600. The highest BCUT2D eigenvalue weighted by Crippen LogP contribution is 2.02. The Bertz CT molecular complexity index is 427. The van der Waals surface area contributed by atoms with Crippen LogP contribution in [0, 0.1) is 9.49 Å². The first kappa shape index (κ1) is 12.5. The van der Waals surface area contributed by atoms with Crippen molar-refractivity contribution in [2.75, 3.05) is 0 Å². The van der Waals surface area contributed by atoms with Crippen LogP contribution in [0.3, 0.4) is 0 Å². The monoisotopic (exact) mass is 322 g/mol. The molecule has 0 radical (unpaired) electrons. The van der Waals surface area contributed by atoms with E-state index in [9.17, 15) is 9.59 Å². The first-order valence-corrected chi connectivity index (χ1v) is 6.01. The summed E-state index contributed by atoms with van der Waals surface area (Å²) in [7, 11) is 1.66. The summed E-state index contributed by atoms with van der Waals surface area (Å²) in [6, 6.07) is 0. The topological polar surface area (TPSA) is 44.0 Å². The molecule has 0 bridgehead atoms. The van der Waals surface area contributed by atoms with Crippen LogP contribution < -0.4 is 11.2 Å². The molecule has 1 rings (SSSR count). The van der Waals surface area contributed by atoms with Crippen LogP contribution in [-0.4, -0.2) is 9.13 Å². The summed E-state index contributed by atoms with van der Waals surface area (Å²) in [5, 5.41) is 0. The van der Waals surface area contributed by atoms with Gasteiger partial charge in [0, 0.05) is 19.8 Å². The quantitative estimate of drug-likeness (QED) is 0.785. The average molecular weight is 322 g/mol. The van der Waals surface area contributed by atoms with E-state index in [0.717, 1.165) is 6.42 Å². The Morgan fingerprint density at radius 3 is 2.60 bits per heavy atom. The van der Waals surface area contributed by atoms with E-state index < -0.39 is 0 Å². The first-order chi connectivity index (χ1) is 6.97. The van der Waals surface area contributed by atoms with Gasteiger partial charge in [-0.15, -0.1) is 0 Å². The van der Waals surface area contributed by atoms with Crippen LogP contribution in [-0.2, 0) is 13.6 Å². The van der Waals surface area contributed by atoms with E-state index in [1.165, 1.54) is 9.13 Å². The zero-order valence-electron chi connectivity index (χ0n) is 9.16. The van der Waals surface area contributed by atoms with Crippen molar-refractivity contribution in [1.29, 1.82) is 0 Å². The predicted molar refractivity (Wildman–Crippen MR) is 68.1 cm³/mol. The zero-order chi connectivity index (χ0) is 11.6. The molecular weight excluding hydrogens is 307 g/mol. The maximum absolute atomic E-state index is 11.7. The van der Waals surface area contributed by atoms with Crippen molar-refractivity contribution in [2.45, 2.75) is 26.8 Å². The third-order valence-corrected chi connectivity index (χ3v) is 3.22. The SMILES string of the molecule is CC[C@H](C)Cn1c(=O)c(I)cn(C)c1=O. The maximum atomic E-state index is 11.7. The Labute approximate surface area is 102 Å². The molecule has 15 heavy (non-hydrogen) atoms. The van der Waals surface area contributed by atoms with Gasteiger partial charge in [-0.05, 0) is 28.5 Å². The molecule has 1 aromatic heterocycles. The highest BCUT2D eigenvalue weighted by molar-refractivity contribution is 14.1. The van der Waals surface area contributed by atoms with Gasteiger partial charge in [0.25, 0.3) is 5.56 Å². The van der Waals surface area contributed by atoms with Gasteiger partial charge in [0.15, 0.2) is 0 Å². The maximum Gasteiger partial charge on any atom is 0.330 e. The number of aromatic nitrogens is 2. The van der Waals surface area contributed by atoms with Crippen molar-refractivity contribution in [3.05, 3.63) is 30.6 Å². The standard InChI is InChI=1S/C10H15IN2O2/c1-4-7(2)5-13-9(14)8(11)6-12(3)10(13)15/h6-7H,4-5H2,1-3H3/t7-/m0/s1. The number of rotatable bonds is 3. The largest absolute Gasteiger partial charge is 0.330 e. The molecule has 1 aromatic rings. The highest BCUT2D eigenvalue weighted by Gasteiger charge is 2.09. The van der Waals surface area contributed by atoms with E-state index in [1.54, 1.807) is 13.2 Å². The molecule has 0 saturated heterocycles. The summed E-state index contributed by atoms with van der Waals surface area (Å²) >= 11 is 1.96. The molecule has 0 aliphatic heterocycles. The minimum absolute atomic E-state index is 0.181. The second-order valence-electron chi connectivity index (χ2n) is 3.80. The van der Waals surface area contributed by atoms with Crippen molar-refractivity contribution in [3.8, 4) is 0 Å². The third kappa shape index (κ3) is 2.70. The van der Waals surface area contributed by atoms with Crippen molar-refractivity contribution >= 4 is 22.6 Å². The van der Waals surface area contributed by atoms with Gasteiger partial charge in [-0.3, -0.25) is 9.36 Å². The van der Waals surface area contributed by atoms with E-state index in [-0.39, 0.29) is 11.2 Å². The molecule has 1 atom stereocenters. The van der Waals surface area contributed by atoms with Gasteiger partial charge in [0.05, 0.1) is 3.57 Å². The predicted octanol–water partition coefficient (Wildman–Crippen LogP) is 1.20. The number of aryl methyl sites for hydroxylation is 1. The van der Waals surface area contributed by atoms with Crippen LogP contribution in [0.25, 0.3) is 0 Å². The van der Waals surface area contributed by atoms with Gasteiger partial charge in [0.2, 0.25) is 0 Å². The lowest BCUT2D eigenvalue weighted by Gasteiger charge is -2.11. The molecule has 0 fully saturated rings. The lowest BCUT2D eigenvalue weighted by Crippen LogP contribution is -2.41. The summed E-state index contributed by atoms with van der Waals surface area (Å²) in [5.74, 6) is 0.341. The van der Waals surface area contributed by atoms with Crippen molar-refractivity contribution in [3.63, 3.8) is 0 Å². The lowest BCUT2D eigenvalue weighted by molar-refractivity contribution is 0.436. The molecule has 0 spiro atoms. The molecule has 0 aromatic carbocycles. The van der Waals surface area contributed by atoms with E-state index in [2.05, 4.69) is 0 Å². The van der Waals surface area contributed by atoms with Gasteiger partial charge >= 0.3 is 5.69 Å². The Hall–Kier alpha value is -0.590. The fourth-order valence-electron chi connectivity index (χ4n) is 1.29. The van der Waals surface area contributed by atoms with Crippen molar-refractivity contribution in [1.82, 2.24) is 9.13 Å². The minimum Gasteiger partial charge on any atom is -0.302 e. The molecule has 1 heterocycles. The van der Waals surface area contributed by atoms with E-state index in [1.807, 2.05) is 36.4 Å². The molecular formula is C10H15IN2O2. The van der Waals surface area contributed by atoms with Crippen LogP contribution in [0.15, 0.2) is 15.8 Å². The normalized spacial score (nSPS) is 12.8. The van der Waals surface area contributed by atoms with E-state index in [4.69, 9.17) is 0 Å². The summed E-state index contributed by atoms with van der Waals surface area (Å²) < 4.78 is 3.35. The molecule has 84 valence electrons. The van der Waals surface area contributed by atoms with Gasteiger partial charge in [-0.1, -0.05) is 20.3 Å². The molecule has 0 unspecified atom stereocenters. The summed E-state index contributed by atoms with van der Waals surface area (Å²) in [6.07, 6.45) is 2.53. The van der Waals surface area contributed by atoms with Crippen LogP contribution in [0.5, 0.6) is 0 Å². The number of halogens is 1. The first-order valence-electron chi connectivity index (χ1n) is 4.93. The summed E-state index contributed by atoms with van der Waals surface area (Å²) in [6.45, 7) is 4.58. The van der Waals surface area contributed by atoms with Crippen molar-refractivity contribution < 1.29 is 0 Å². The molecule has 0 aliphatic carbocycles. The molecule has 0 N–H and O–H groups in total. The van der Waals surface area contributed by atoms with Crippen LogP contribution >= 0.6 is 22.6 Å². The second-order valence-corrected chi connectivity index (χ2v) is 4.96. The molecule has 4 nitrogen and oxygen atoms in total. The minimum atomic E-state index is -0.235. The smallest absolute Gasteiger partial charge is 0.302 e. The molecule has 0 saturated carbocycles.